The number of benzene rings is 1. The van der Waals surface area contributed by atoms with Gasteiger partial charge in [0.1, 0.15) is 5.02 Å². The van der Waals surface area contributed by atoms with E-state index in [0.29, 0.717) is 22.4 Å². The molecule has 0 bridgehead atoms. The van der Waals surface area contributed by atoms with Gasteiger partial charge in [0, 0.05) is 43.0 Å². The van der Waals surface area contributed by atoms with Crippen molar-refractivity contribution in [2.45, 2.75) is 32.3 Å². The minimum Gasteiger partial charge on any atom is -0.475 e. The molecule has 1 saturated heterocycles. The van der Waals surface area contributed by atoms with Gasteiger partial charge < -0.3 is 31.0 Å². The van der Waals surface area contributed by atoms with E-state index in [9.17, 15) is 18.4 Å². The molecule has 4 rings (SSSR count). The van der Waals surface area contributed by atoms with Crippen LogP contribution in [0, 0.1) is 11.8 Å². The number of nitrogens with two attached hydrogens (primary N) is 2. The fraction of sp³-hybridized carbons (Fsp3) is 0.440. The number of halogens is 3. The minimum absolute atomic E-state index is 0.0196. The SMILES string of the molecule is CC(Oc1cc2cc(Nc3nc(N4CC(C)C(F)(F)C(CCN)C4)ncc3Cl)ccc2n(C)c1=O)C(N)=O. The van der Waals surface area contributed by atoms with Crippen LogP contribution in [-0.2, 0) is 11.8 Å². The Labute approximate surface area is 222 Å². The average molecular weight is 550 g/mol. The van der Waals surface area contributed by atoms with Gasteiger partial charge in [-0.2, -0.15) is 4.98 Å². The number of ether oxygens (including phenoxy) is 1. The Balaban J connectivity index is 1.63. The first-order valence-corrected chi connectivity index (χ1v) is 12.5. The maximum atomic E-state index is 14.7. The summed E-state index contributed by atoms with van der Waals surface area (Å²) in [6.07, 6.45) is 0.626. The number of hydrogen-bond acceptors (Lipinski definition) is 8. The fourth-order valence-electron chi connectivity index (χ4n) is 4.56. The van der Waals surface area contributed by atoms with Crippen molar-refractivity contribution in [1.29, 1.82) is 0 Å². The molecule has 38 heavy (non-hydrogen) atoms. The second-order valence-corrected chi connectivity index (χ2v) is 9.96. The highest BCUT2D eigenvalue weighted by atomic mass is 35.5. The van der Waals surface area contributed by atoms with Crippen LogP contribution in [-0.4, -0.2) is 52.1 Å². The summed E-state index contributed by atoms with van der Waals surface area (Å²) in [5.74, 6) is -4.78. The van der Waals surface area contributed by atoms with E-state index in [1.807, 2.05) is 0 Å². The van der Waals surface area contributed by atoms with Crippen LogP contribution in [0.15, 0.2) is 35.3 Å². The number of nitrogens with zero attached hydrogens (tertiary/aromatic N) is 4. The third-order valence-electron chi connectivity index (χ3n) is 6.82. The number of pyridine rings is 1. The number of piperidine rings is 1. The Morgan fingerprint density at radius 2 is 2.08 bits per heavy atom. The number of rotatable bonds is 8. The minimum atomic E-state index is -2.83. The predicted molar refractivity (Wildman–Crippen MR) is 142 cm³/mol. The third-order valence-corrected chi connectivity index (χ3v) is 7.10. The molecule has 10 nitrogen and oxygen atoms in total. The van der Waals surface area contributed by atoms with Gasteiger partial charge >= 0.3 is 0 Å². The predicted octanol–water partition coefficient (Wildman–Crippen LogP) is 3.03. The number of carbonyl (C=O) groups is 1. The molecule has 5 N–H and O–H groups in total. The zero-order valence-corrected chi connectivity index (χ0v) is 22.0. The number of aryl methyl sites for hydroxylation is 1. The number of aromatic nitrogens is 3. The van der Waals surface area contributed by atoms with Gasteiger partial charge in [0.05, 0.1) is 11.7 Å². The average Bonchev–Trinajstić information content (AvgIpc) is 2.86. The van der Waals surface area contributed by atoms with E-state index in [1.165, 1.54) is 30.7 Å². The fourth-order valence-corrected chi connectivity index (χ4v) is 4.70. The molecule has 0 radical (unpaired) electrons. The number of hydrogen-bond donors (Lipinski definition) is 3. The van der Waals surface area contributed by atoms with Gasteiger partial charge in [-0.15, -0.1) is 0 Å². The number of anilines is 3. The molecule has 1 aliphatic heterocycles. The van der Waals surface area contributed by atoms with Gasteiger partial charge in [-0.05, 0) is 44.2 Å². The van der Waals surface area contributed by atoms with Crippen LogP contribution in [0.4, 0.5) is 26.2 Å². The van der Waals surface area contributed by atoms with Crippen molar-refractivity contribution in [2.24, 2.45) is 30.4 Å². The van der Waals surface area contributed by atoms with Crippen LogP contribution in [0.3, 0.4) is 0 Å². The molecule has 1 aliphatic rings. The van der Waals surface area contributed by atoms with Crippen LogP contribution in [0.1, 0.15) is 20.3 Å². The summed E-state index contributed by atoms with van der Waals surface area (Å²) in [5, 5.41) is 4.02. The molecule has 2 aromatic heterocycles. The van der Waals surface area contributed by atoms with Crippen LogP contribution in [0.2, 0.25) is 5.02 Å². The standard InChI is InChI=1S/C25H30ClF2N7O3/c1-13-11-35(12-16(6-7-29)25(13,27)28)24-31-10-18(26)22(33-24)32-17-4-5-19-15(8-17)9-20(23(37)34(19)3)38-14(2)21(30)36/h4-5,8-10,13-14,16H,6-7,11-12,29H2,1-3H3,(H2,30,36)(H,31,32,33). The van der Waals surface area contributed by atoms with Crippen molar-refractivity contribution in [3.8, 4) is 5.75 Å². The van der Waals surface area contributed by atoms with Crippen molar-refractivity contribution in [3.05, 3.63) is 45.8 Å². The topological polar surface area (TPSA) is 141 Å². The van der Waals surface area contributed by atoms with E-state index >= 15 is 0 Å². The molecule has 0 aliphatic carbocycles. The number of primary amides is 1. The van der Waals surface area contributed by atoms with Crippen molar-refractivity contribution in [2.75, 3.05) is 29.9 Å². The van der Waals surface area contributed by atoms with Gasteiger partial charge in [-0.25, -0.2) is 13.8 Å². The Morgan fingerprint density at radius 3 is 2.76 bits per heavy atom. The molecule has 1 amide bonds. The second-order valence-electron chi connectivity index (χ2n) is 9.56. The molecule has 3 atom stereocenters. The first-order chi connectivity index (χ1) is 17.9. The van der Waals surface area contributed by atoms with Crippen LogP contribution in [0.25, 0.3) is 10.9 Å². The zero-order valence-electron chi connectivity index (χ0n) is 21.2. The summed E-state index contributed by atoms with van der Waals surface area (Å²) < 4.78 is 36.2. The number of nitrogens with one attached hydrogen (secondary N) is 1. The molecule has 1 fully saturated rings. The van der Waals surface area contributed by atoms with E-state index in [0.717, 1.165) is 0 Å². The molecular formula is C25H30ClF2N7O3. The molecular weight excluding hydrogens is 520 g/mol. The third kappa shape index (κ3) is 5.37. The quantitative estimate of drug-likeness (QED) is 0.389. The summed E-state index contributed by atoms with van der Waals surface area (Å²) in [6, 6.07) is 6.77. The number of amides is 1. The number of carbonyl (C=O) groups excluding carboxylic acids is 1. The van der Waals surface area contributed by atoms with Crippen molar-refractivity contribution in [3.63, 3.8) is 0 Å². The molecule has 3 aromatic rings. The maximum absolute atomic E-state index is 14.7. The monoisotopic (exact) mass is 549 g/mol. The normalized spacial score (nSPS) is 19.8. The summed E-state index contributed by atoms with van der Waals surface area (Å²) in [4.78, 5) is 34.6. The van der Waals surface area contributed by atoms with E-state index in [-0.39, 0.29) is 42.8 Å². The Bertz CT molecular complexity index is 1420. The van der Waals surface area contributed by atoms with Gasteiger partial charge in [0.2, 0.25) is 5.95 Å². The van der Waals surface area contributed by atoms with E-state index in [2.05, 4.69) is 15.3 Å². The molecule has 0 saturated carbocycles. The van der Waals surface area contributed by atoms with E-state index < -0.39 is 35.3 Å². The van der Waals surface area contributed by atoms with Gasteiger partial charge in [0.15, 0.2) is 17.7 Å². The van der Waals surface area contributed by atoms with E-state index in [1.54, 1.807) is 30.1 Å². The lowest BCUT2D eigenvalue weighted by molar-refractivity contribution is -0.124. The summed E-state index contributed by atoms with van der Waals surface area (Å²) in [5.41, 5.74) is 11.7. The lowest BCUT2D eigenvalue weighted by atomic mass is 9.84. The van der Waals surface area contributed by atoms with Crippen molar-refractivity contribution >= 4 is 45.9 Å². The maximum Gasteiger partial charge on any atom is 0.293 e. The Hall–Kier alpha value is -3.51. The van der Waals surface area contributed by atoms with Crippen LogP contribution >= 0.6 is 11.6 Å². The lowest BCUT2D eigenvalue weighted by Gasteiger charge is -2.42. The highest BCUT2D eigenvalue weighted by Crippen LogP contribution is 2.40. The van der Waals surface area contributed by atoms with Crippen molar-refractivity contribution < 1.29 is 18.3 Å². The molecule has 204 valence electrons. The largest absolute Gasteiger partial charge is 0.475 e. The number of alkyl halides is 2. The zero-order chi connectivity index (χ0) is 27.8. The highest BCUT2D eigenvalue weighted by molar-refractivity contribution is 6.32. The van der Waals surface area contributed by atoms with Gasteiger partial charge in [-0.1, -0.05) is 18.5 Å². The molecule has 3 unspecified atom stereocenters. The molecule has 13 heteroatoms. The molecule has 3 heterocycles. The summed E-state index contributed by atoms with van der Waals surface area (Å²) in [6.45, 7) is 3.30. The smallest absolute Gasteiger partial charge is 0.293 e. The van der Waals surface area contributed by atoms with Gasteiger partial charge in [0.25, 0.3) is 17.4 Å². The Morgan fingerprint density at radius 1 is 1.34 bits per heavy atom. The molecule has 0 spiro atoms. The Kier molecular flexibility index (Phi) is 7.75. The first kappa shape index (κ1) is 27.5. The molecule has 1 aromatic carbocycles. The lowest BCUT2D eigenvalue weighted by Crippen LogP contribution is -2.53. The highest BCUT2D eigenvalue weighted by Gasteiger charge is 2.49. The van der Waals surface area contributed by atoms with Gasteiger partial charge in [-0.3, -0.25) is 9.59 Å². The van der Waals surface area contributed by atoms with Crippen LogP contribution in [0.5, 0.6) is 5.75 Å². The van der Waals surface area contributed by atoms with Crippen LogP contribution < -0.4 is 32.0 Å². The first-order valence-electron chi connectivity index (χ1n) is 12.1. The summed E-state index contributed by atoms with van der Waals surface area (Å²) in [7, 11) is 1.59. The number of fused-ring (bicyclic) bond motifs is 1. The van der Waals surface area contributed by atoms with Crippen molar-refractivity contribution in [1.82, 2.24) is 14.5 Å². The van der Waals surface area contributed by atoms with E-state index in [4.69, 9.17) is 27.8 Å². The second kappa shape index (κ2) is 10.7. The summed E-state index contributed by atoms with van der Waals surface area (Å²) >= 11 is 6.36.